The number of aromatic nitrogens is 4. The van der Waals surface area contributed by atoms with Gasteiger partial charge in [-0.15, -0.1) is 0 Å². The minimum absolute atomic E-state index is 0.0305. The Morgan fingerprint density at radius 3 is 2.65 bits per heavy atom. The molecule has 0 aliphatic carbocycles. The van der Waals surface area contributed by atoms with Crippen LogP contribution >= 0.6 is 0 Å². The number of fused-ring (bicyclic) bond motifs is 1. The first kappa shape index (κ1) is 27.0. The van der Waals surface area contributed by atoms with E-state index < -0.39 is 23.8 Å². The second-order valence-electron chi connectivity index (χ2n) is 9.36. The van der Waals surface area contributed by atoms with Crippen molar-refractivity contribution in [2.75, 3.05) is 42.4 Å². The standard InChI is InChI=1S/C27H25F4N7O2/c1-15-4-5-16(25(39)35-18-6-7-22(40-3)19(11-18)27(29,30)31)10-21(15)37(2)24-23-20(33-14-34-24)12-32-26(36-23)38-9-8-17(28)13-38/h4-7,10-12,14,17H,8-9,13H2,1-3H3,(H,35,39)/t17-/m0/s1. The van der Waals surface area contributed by atoms with E-state index in [0.29, 0.717) is 41.5 Å². The van der Waals surface area contributed by atoms with Crippen LogP contribution in [-0.4, -0.2) is 59.3 Å². The summed E-state index contributed by atoms with van der Waals surface area (Å²) in [7, 11) is 2.90. The number of hydrogen-bond donors (Lipinski definition) is 1. The third kappa shape index (κ3) is 5.31. The van der Waals surface area contributed by atoms with Crippen molar-refractivity contribution < 1.29 is 27.1 Å². The summed E-state index contributed by atoms with van der Waals surface area (Å²) in [6, 6.07) is 8.24. The number of methoxy groups -OCH3 is 1. The van der Waals surface area contributed by atoms with Crippen molar-refractivity contribution in [3.05, 3.63) is 65.6 Å². The molecule has 0 unspecified atom stereocenters. The summed E-state index contributed by atoms with van der Waals surface area (Å²) in [6.07, 6.45) is -2.26. The zero-order chi connectivity index (χ0) is 28.6. The molecular formula is C27H25F4N7O2. The fourth-order valence-electron chi connectivity index (χ4n) is 4.57. The summed E-state index contributed by atoms with van der Waals surface area (Å²) < 4.78 is 58.9. The van der Waals surface area contributed by atoms with E-state index in [1.54, 1.807) is 41.2 Å². The van der Waals surface area contributed by atoms with Gasteiger partial charge < -0.3 is 19.9 Å². The highest BCUT2D eigenvalue weighted by atomic mass is 19.4. The van der Waals surface area contributed by atoms with Crippen molar-refractivity contribution in [2.24, 2.45) is 0 Å². The Morgan fingerprint density at radius 2 is 1.95 bits per heavy atom. The Kier molecular flexibility index (Phi) is 7.13. The Balaban J connectivity index is 1.45. The molecule has 1 saturated heterocycles. The summed E-state index contributed by atoms with van der Waals surface area (Å²) in [5, 5.41) is 2.52. The number of anilines is 4. The summed E-state index contributed by atoms with van der Waals surface area (Å²) >= 11 is 0. The number of aryl methyl sites for hydroxylation is 1. The summed E-state index contributed by atoms with van der Waals surface area (Å²) in [5.74, 6) is -0.127. The third-order valence-electron chi connectivity index (χ3n) is 6.67. The quantitative estimate of drug-likeness (QED) is 0.319. The molecule has 1 N–H and O–H groups in total. The molecule has 13 heteroatoms. The van der Waals surface area contributed by atoms with Crippen molar-refractivity contribution >= 4 is 40.1 Å². The van der Waals surface area contributed by atoms with E-state index in [1.165, 1.54) is 12.4 Å². The van der Waals surface area contributed by atoms with Crippen molar-refractivity contribution in [3.63, 3.8) is 0 Å². The number of ether oxygens (including phenoxy) is 1. The van der Waals surface area contributed by atoms with Crippen LogP contribution in [0.2, 0.25) is 0 Å². The molecule has 4 aromatic rings. The van der Waals surface area contributed by atoms with E-state index in [0.717, 1.165) is 24.8 Å². The lowest BCUT2D eigenvalue weighted by Gasteiger charge is -2.23. The Labute approximate surface area is 226 Å². The number of nitrogens with one attached hydrogen (secondary N) is 1. The maximum absolute atomic E-state index is 13.8. The molecule has 40 heavy (non-hydrogen) atoms. The Hall–Kier alpha value is -4.55. The maximum Gasteiger partial charge on any atom is 0.420 e. The van der Waals surface area contributed by atoms with E-state index in [-0.39, 0.29) is 23.5 Å². The van der Waals surface area contributed by atoms with Gasteiger partial charge in [0, 0.05) is 30.5 Å². The molecule has 1 fully saturated rings. The molecule has 1 aliphatic heterocycles. The van der Waals surface area contributed by atoms with Gasteiger partial charge >= 0.3 is 6.18 Å². The molecular weight excluding hydrogens is 530 g/mol. The molecule has 1 amide bonds. The second-order valence-corrected chi connectivity index (χ2v) is 9.36. The van der Waals surface area contributed by atoms with E-state index in [4.69, 9.17) is 4.74 Å². The largest absolute Gasteiger partial charge is 0.496 e. The Bertz CT molecular complexity index is 1580. The number of hydrogen-bond acceptors (Lipinski definition) is 8. The van der Waals surface area contributed by atoms with E-state index in [2.05, 4.69) is 25.3 Å². The van der Waals surface area contributed by atoms with Crippen LogP contribution in [0, 0.1) is 6.92 Å². The number of carbonyl (C=O) groups is 1. The maximum atomic E-state index is 13.8. The number of alkyl halides is 4. The zero-order valence-electron chi connectivity index (χ0n) is 21.8. The van der Waals surface area contributed by atoms with Gasteiger partial charge in [-0.2, -0.15) is 13.2 Å². The van der Waals surface area contributed by atoms with Crippen LogP contribution in [0.1, 0.15) is 27.9 Å². The molecule has 0 saturated carbocycles. The molecule has 2 aromatic carbocycles. The minimum Gasteiger partial charge on any atom is -0.496 e. The second kappa shape index (κ2) is 10.5. The van der Waals surface area contributed by atoms with E-state index >= 15 is 0 Å². The lowest BCUT2D eigenvalue weighted by molar-refractivity contribution is -0.138. The number of halogens is 4. The number of benzene rings is 2. The first-order valence-electron chi connectivity index (χ1n) is 12.3. The van der Waals surface area contributed by atoms with Crippen LogP contribution in [0.4, 0.5) is 40.7 Å². The zero-order valence-corrected chi connectivity index (χ0v) is 21.8. The van der Waals surface area contributed by atoms with Gasteiger partial charge in [0.25, 0.3) is 5.91 Å². The lowest BCUT2D eigenvalue weighted by atomic mass is 10.1. The highest BCUT2D eigenvalue weighted by Gasteiger charge is 2.34. The van der Waals surface area contributed by atoms with Gasteiger partial charge in [0.1, 0.15) is 29.3 Å². The van der Waals surface area contributed by atoms with Crippen LogP contribution in [0.3, 0.4) is 0 Å². The monoisotopic (exact) mass is 555 g/mol. The van der Waals surface area contributed by atoms with Gasteiger partial charge in [0.2, 0.25) is 5.95 Å². The molecule has 0 bridgehead atoms. The van der Waals surface area contributed by atoms with Crippen molar-refractivity contribution in [1.29, 1.82) is 0 Å². The smallest absolute Gasteiger partial charge is 0.420 e. The molecule has 1 atom stereocenters. The van der Waals surface area contributed by atoms with Crippen molar-refractivity contribution in [1.82, 2.24) is 19.9 Å². The normalized spacial score (nSPS) is 15.4. The molecule has 9 nitrogen and oxygen atoms in total. The molecule has 208 valence electrons. The van der Waals surface area contributed by atoms with Crippen molar-refractivity contribution in [3.8, 4) is 5.75 Å². The predicted octanol–water partition coefficient (Wildman–Crippen LogP) is 5.32. The number of nitrogens with zero attached hydrogens (tertiary/aromatic N) is 6. The number of rotatable bonds is 6. The summed E-state index contributed by atoms with van der Waals surface area (Å²) in [5.41, 5.74) is 1.55. The fraction of sp³-hybridized carbons (Fsp3) is 0.296. The molecule has 0 spiro atoms. The van der Waals surface area contributed by atoms with Crippen LogP contribution < -0.4 is 19.9 Å². The average Bonchev–Trinajstić information content (AvgIpc) is 3.38. The van der Waals surface area contributed by atoms with Gasteiger partial charge in [0.05, 0.1) is 25.4 Å². The fourth-order valence-corrected chi connectivity index (χ4v) is 4.57. The highest BCUT2D eigenvalue weighted by Crippen LogP contribution is 2.38. The molecule has 2 aromatic heterocycles. The average molecular weight is 556 g/mol. The SMILES string of the molecule is COc1ccc(NC(=O)c2ccc(C)c(N(C)c3ncnc4cnc(N5CC[C@H](F)C5)nc34)c2)cc1C(F)(F)F. The molecule has 0 radical (unpaired) electrons. The first-order chi connectivity index (χ1) is 19.0. The topological polar surface area (TPSA) is 96.4 Å². The molecule has 3 heterocycles. The minimum atomic E-state index is -4.65. The van der Waals surface area contributed by atoms with Gasteiger partial charge in [0.15, 0.2) is 5.82 Å². The summed E-state index contributed by atoms with van der Waals surface area (Å²) in [4.78, 5) is 34.2. The number of carbonyl (C=O) groups excluding carboxylic acids is 1. The highest BCUT2D eigenvalue weighted by molar-refractivity contribution is 6.05. The van der Waals surface area contributed by atoms with Crippen LogP contribution in [0.15, 0.2) is 48.9 Å². The van der Waals surface area contributed by atoms with Crippen LogP contribution in [0.25, 0.3) is 11.0 Å². The van der Waals surface area contributed by atoms with Gasteiger partial charge in [-0.25, -0.2) is 24.3 Å². The van der Waals surface area contributed by atoms with E-state index in [1.807, 2.05) is 6.92 Å². The van der Waals surface area contributed by atoms with E-state index in [9.17, 15) is 22.4 Å². The predicted molar refractivity (Wildman–Crippen MR) is 142 cm³/mol. The van der Waals surface area contributed by atoms with Gasteiger partial charge in [-0.3, -0.25) is 4.79 Å². The first-order valence-corrected chi connectivity index (χ1v) is 12.3. The third-order valence-corrected chi connectivity index (χ3v) is 6.67. The van der Waals surface area contributed by atoms with Gasteiger partial charge in [-0.1, -0.05) is 6.07 Å². The van der Waals surface area contributed by atoms with Crippen LogP contribution in [-0.2, 0) is 6.18 Å². The lowest BCUT2D eigenvalue weighted by Crippen LogP contribution is -2.23. The molecule has 5 rings (SSSR count). The number of amides is 1. The molecule has 1 aliphatic rings. The Morgan fingerprint density at radius 1 is 1.15 bits per heavy atom. The van der Waals surface area contributed by atoms with Crippen molar-refractivity contribution in [2.45, 2.75) is 25.7 Å². The summed E-state index contributed by atoms with van der Waals surface area (Å²) in [6.45, 7) is 2.56. The van der Waals surface area contributed by atoms with Gasteiger partial charge in [-0.05, 0) is 49.2 Å². The van der Waals surface area contributed by atoms with Crippen LogP contribution in [0.5, 0.6) is 5.75 Å².